The van der Waals surface area contributed by atoms with E-state index in [4.69, 9.17) is 9.84 Å². The number of thioether (sulfide) groups is 1. The van der Waals surface area contributed by atoms with Gasteiger partial charge in [-0.1, -0.05) is 11.8 Å². The highest BCUT2D eigenvalue weighted by atomic mass is 32.2. The third-order valence-electron chi connectivity index (χ3n) is 1.61. The van der Waals surface area contributed by atoms with Gasteiger partial charge in [-0.2, -0.15) is 4.98 Å². The molecule has 0 aliphatic carbocycles. The summed E-state index contributed by atoms with van der Waals surface area (Å²) in [6.07, 6.45) is 0. The number of carboxylic acids is 1. The summed E-state index contributed by atoms with van der Waals surface area (Å²) in [4.78, 5) is 27.9. The van der Waals surface area contributed by atoms with Crippen LogP contribution in [0, 0.1) is 6.92 Å². The van der Waals surface area contributed by atoms with Crippen LogP contribution in [0.15, 0.2) is 9.82 Å². The van der Waals surface area contributed by atoms with E-state index in [1.165, 1.54) is 14.0 Å². The van der Waals surface area contributed by atoms with E-state index >= 15 is 0 Å². The number of methoxy groups -OCH3 is 1. The number of ether oxygens (including phenoxy) is 1. The quantitative estimate of drug-likeness (QED) is 0.444. The van der Waals surface area contributed by atoms with Gasteiger partial charge in [0.05, 0.1) is 5.94 Å². The zero-order valence-electron chi connectivity index (χ0n) is 8.23. The predicted molar refractivity (Wildman–Crippen MR) is 54.3 cm³/mol. The second-order valence-electron chi connectivity index (χ2n) is 2.70. The standard InChI is InChI=1S/C8H10N2O4S/c1-4-5(7(11)12)6(15-3-14-2)10-8(13)9-4/h3H2,1-2H3,(H,11,12)(H,9,10,13). The molecule has 2 N–H and O–H groups in total. The highest BCUT2D eigenvalue weighted by Crippen LogP contribution is 2.20. The van der Waals surface area contributed by atoms with Crippen LogP contribution in [0.4, 0.5) is 0 Å². The van der Waals surface area contributed by atoms with Crippen LogP contribution in [0.2, 0.25) is 0 Å². The minimum Gasteiger partial charge on any atom is -0.478 e. The summed E-state index contributed by atoms with van der Waals surface area (Å²) in [5.74, 6) is -0.870. The number of aromatic amines is 1. The minimum absolute atomic E-state index is 0.0108. The van der Waals surface area contributed by atoms with Crippen molar-refractivity contribution in [1.82, 2.24) is 9.97 Å². The normalized spacial score (nSPS) is 10.3. The Hall–Kier alpha value is -1.34. The smallest absolute Gasteiger partial charge is 0.346 e. The highest BCUT2D eigenvalue weighted by molar-refractivity contribution is 7.99. The fraction of sp³-hybridized carbons (Fsp3) is 0.375. The van der Waals surface area contributed by atoms with Crippen molar-refractivity contribution in [2.75, 3.05) is 13.0 Å². The molecule has 0 aliphatic rings. The molecule has 0 aromatic carbocycles. The van der Waals surface area contributed by atoms with Crippen molar-refractivity contribution in [2.45, 2.75) is 11.9 Å². The molecule has 6 nitrogen and oxygen atoms in total. The van der Waals surface area contributed by atoms with Crippen LogP contribution in [0.5, 0.6) is 0 Å². The first-order chi connectivity index (χ1) is 7.06. The largest absolute Gasteiger partial charge is 0.478 e. The van der Waals surface area contributed by atoms with Crippen molar-refractivity contribution in [1.29, 1.82) is 0 Å². The molecule has 82 valence electrons. The van der Waals surface area contributed by atoms with Crippen molar-refractivity contribution in [2.24, 2.45) is 0 Å². The minimum atomic E-state index is -1.12. The fourth-order valence-corrected chi connectivity index (χ4v) is 1.79. The van der Waals surface area contributed by atoms with Crippen LogP contribution in [-0.2, 0) is 4.74 Å². The summed E-state index contributed by atoms with van der Waals surface area (Å²) in [7, 11) is 1.48. The van der Waals surface area contributed by atoms with Gasteiger partial charge in [-0.3, -0.25) is 0 Å². The second-order valence-corrected chi connectivity index (χ2v) is 3.61. The van der Waals surface area contributed by atoms with E-state index < -0.39 is 11.7 Å². The number of nitrogens with zero attached hydrogens (tertiary/aromatic N) is 1. The maximum atomic E-state index is 11.0. The Morgan fingerprint density at radius 2 is 2.33 bits per heavy atom. The summed E-state index contributed by atoms with van der Waals surface area (Å²) >= 11 is 1.07. The number of aromatic carboxylic acids is 1. The highest BCUT2D eigenvalue weighted by Gasteiger charge is 2.16. The number of hydrogen-bond donors (Lipinski definition) is 2. The van der Waals surface area contributed by atoms with Crippen LogP contribution in [0.3, 0.4) is 0 Å². The van der Waals surface area contributed by atoms with E-state index in [-0.39, 0.29) is 16.5 Å². The van der Waals surface area contributed by atoms with Gasteiger partial charge in [0.25, 0.3) is 0 Å². The summed E-state index contributed by atoms with van der Waals surface area (Å²) < 4.78 is 4.78. The van der Waals surface area contributed by atoms with Crippen molar-refractivity contribution >= 4 is 17.7 Å². The molecular weight excluding hydrogens is 220 g/mol. The number of carboxylic acid groups (broad SMARTS) is 1. The summed E-state index contributed by atoms with van der Waals surface area (Å²) in [6, 6.07) is 0. The van der Waals surface area contributed by atoms with Gasteiger partial charge in [-0.05, 0) is 6.92 Å². The Morgan fingerprint density at radius 3 is 2.87 bits per heavy atom. The van der Waals surface area contributed by atoms with Gasteiger partial charge in [0, 0.05) is 12.8 Å². The summed E-state index contributed by atoms with van der Waals surface area (Å²) in [5.41, 5.74) is -0.256. The van der Waals surface area contributed by atoms with Crippen molar-refractivity contribution < 1.29 is 14.6 Å². The molecule has 1 rings (SSSR count). The molecular formula is C8H10N2O4S. The summed E-state index contributed by atoms with van der Waals surface area (Å²) in [6.45, 7) is 1.52. The third-order valence-corrected chi connectivity index (χ3v) is 2.54. The Kier molecular flexibility index (Phi) is 3.87. The topological polar surface area (TPSA) is 92.3 Å². The van der Waals surface area contributed by atoms with Crippen LogP contribution < -0.4 is 5.69 Å². The van der Waals surface area contributed by atoms with E-state index in [2.05, 4.69) is 9.97 Å². The Bertz CT molecular complexity index is 429. The molecule has 1 aromatic rings. The first-order valence-corrected chi connectivity index (χ1v) is 5.00. The van der Waals surface area contributed by atoms with Gasteiger partial charge in [0.15, 0.2) is 0 Å². The Morgan fingerprint density at radius 1 is 1.67 bits per heavy atom. The molecule has 15 heavy (non-hydrogen) atoms. The lowest BCUT2D eigenvalue weighted by atomic mass is 10.2. The number of carbonyl (C=O) groups is 1. The molecule has 0 spiro atoms. The van der Waals surface area contributed by atoms with Crippen molar-refractivity contribution in [3.05, 3.63) is 21.7 Å². The molecule has 0 amide bonds. The first kappa shape index (κ1) is 11.7. The van der Waals surface area contributed by atoms with Crippen LogP contribution in [-0.4, -0.2) is 34.1 Å². The average molecular weight is 230 g/mol. The van der Waals surface area contributed by atoms with Crippen molar-refractivity contribution in [3.63, 3.8) is 0 Å². The SMILES string of the molecule is COCSc1nc(=O)[nH]c(C)c1C(=O)O. The second kappa shape index (κ2) is 4.94. The maximum absolute atomic E-state index is 11.0. The van der Waals surface area contributed by atoms with E-state index in [0.717, 1.165) is 11.8 Å². The first-order valence-electron chi connectivity index (χ1n) is 4.02. The van der Waals surface area contributed by atoms with Gasteiger partial charge >= 0.3 is 11.7 Å². The maximum Gasteiger partial charge on any atom is 0.346 e. The monoisotopic (exact) mass is 230 g/mol. The Balaban J connectivity index is 3.21. The fourth-order valence-electron chi connectivity index (χ4n) is 1.03. The van der Waals surface area contributed by atoms with Gasteiger partial charge in [-0.25, -0.2) is 9.59 Å². The lowest BCUT2D eigenvalue weighted by molar-refractivity contribution is 0.0690. The third kappa shape index (κ3) is 2.80. The number of aryl methyl sites for hydroxylation is 1. The molecule has 1 aromatic heterocycles. The van der Waals surface area contributed by atoms with Gasteiger partial charge in [0.2, 0.25) is 0 Å². The van der Waals surface area contributed by atoms with Crippen LogP contribution >= 0.6 is 11.8 Å². The van der Waals surface area contributed by atoms with E-state index in [9.17, 15) is 9.59 Å². The summed E-state index contributed by atoms with van der Waals surface area (Å²) in [5, 5.41) is 9.09. The average Bonchev–Trinajstić information content (AvgIpc) is 2.12. The van der Waals surface area contributed by atoms with Crippen molar-refractivity contribution in [3.8, 4) is 0 Å². The number of rotatable bonds is 4. The van der Waals surface area contributed by atoms with Gasteiger partial charge in [-0.15, -0.1) is 0 Å². The molecule has 0 saturated carbocycles. The number of nitrogens with one attached hydrogen (secondary N) is 1. The van der Waals surface area contributed by atoms with Crippen LogP contribution in [0.1, 0.15) is 16.1 Å². The van der Waals surface area contributed by atoms with Gasteiger partial charge < -0.3 is 14.8 Å². The molecule has 1 heterocycles. The lowest BCUT2D eigenvalue weighted by Gasteiger charge is -2.05. The molecule has 0 bridgehead atoms. The zero-order valence-corrected chi connectivity index (χ0v) is 9.05. The Labute approximate surface area is 89.7 Å². The molecule has 0 fully saturated rings. The van der Waals surface area contributed by atoms with Crippen LogP contribution in [0.25, 0.3) is 0 Å². The molecule has 0 saturated heterocycles. The van der Waals surface area contributed by atoms with Gasteiger partial charge in [0.1, 0.15) is 10.6 Å². The molecule has 0 unspecified atom stereocenters. The number of aromatic nitrogens is 2. The molecule has 0 radical (unpaired) electrons. The molecule has 0 atom stereocenters. The lowest BCUT2D eigenvalue weighted by Crippen LogP contribution is -2.18. The van der Waals surface area contributed by atoms with E-state index in [0.29, 0.717) is 5.69 Å². The van der Waals surface area contributed by atoms with E-state index in [1.807, 2.05) is 0 Å². The predicted octanol–water partition coefficient (Wildman–Crippen LogP) is 0.473. The molecule has 7 heteroatoms. The molecule has 0 aliphatic heterocycles. The number of H-pyrrole nitrogens is 1. The number of hydrogen-bond acceptors (Lipinski definition) is 5. The zero-order chi connectivity index (χ0) is 11.4. The van der Waals surface area contributed by atoms with E-state index in [1.54, 1.807) is 0 Å².